The van der Waals surface area contributed by atoms with Gasteiger partial charge in [-0.2, -0.15) is 0 Å². The maximum absolute atomic E-state index is 12.8. The van der Waals surface area contributed by atoms with Crippen LogP contribution in [-0.4, -0.2) is 33.0 Å². The van der Waals surface area contributed by atoms with Gasteiger partial charge >= 0.3 is 0 Å². The van der Waals surface area contributed by atoms with Gasteiger partial charge in [-0.1, -0.05) is 42.6 Å². The lowest BCUT2D eigenvalue weighted by Gasteiger charge is -2.29. The van der Waals surface area contributed by atoms with Gasteiger partial charge in [-0.3, -0.25) is 14.8 Å². The Morgan fingerprint density at radius 2 is 1.90 bits per heavy atom. The molecular weight excluding hydrogens is 446 g/mol. The van der Waals surface area contributed by atoms with E-state index in [1.807, 2.05) is 4.90 Å². The van der Waals surface area contributed by atoms with Gasteiger partial charge in [0.15, 0.2) is 0 Å². The van der Waals surface area contributed by atoms with E-state index >= 15 is 0 Å². The summed E-state index contributed by atoms with van der Waals surface area (Å²) in [5.74, 6) is 0.434. The third-order valence-corrected chi connectivity index (χ3v) is 6.28. The van der Waals surface area contributed by atoms with Crippen LogP contribution >= 0.6 is 15.9 Å². The summed E-state index contributed by atoms with van der Waals surface area (Å²) in [7, 11) is 0. The number of fused-ring (bicyclic) bond motifs is 3. The predicted octanol–water partition coefficient (Wildman–Crippen LogP) is 4.79. The van der Waals surface area contributed by atoms with Gasteiger partial charge in [0, 0.05) is 65.5 Å². The highest BCUT2D eigenvalue weighted by atomic mass is 79.9. The van der Waals surface area contributed by atoms with Gasteiger partial charge < -0.3 is 9.47 Å². The Balaban J connectivity index is 1.62. The van der Waals surface area contributed by atoms with Gasteiger partial charge in [0.1, 0.15) is 0 Å². The Morgan fingerprint density at radius 1 is 1.17 bits per heavy atom. The second-order valence-electron chi connectivity index (χ2n) is 8.61. The van der Waals surface area contributed by atoms with Crippen LogP contribution in [0.25, 0.3) is 10.9 Å². The van der Waals surface area contributed by atoms with Gasteiger partial charge in [-0.15, -0.1) is 0 Å². The van der Waals surface area contributed by atoms with Crippen molar-refractivity contribution in [3.05, 3.63) is 33.9 Å². The lowest BCUT2D eigenvalue weighted by atomic mass is 10.0. The molecule has 0 spiro atoms. The number of hydroxylamine groups is 1. The highest BCUT2D eigenvalue weighted by molar-refractivity contribution is 9.10. The largest absolute Gasteiger partial charge is 0.344 e. The molecule has 0 bridgehead atoms. The molecule has 3 rings (SSSR count). The van der Waals surface area contributed by atoms with Crippen molar-refractivity contribution in [2.24, 2.45) is 5.92 Å². The van der Waals surface area contributed by atoms with E-state index in [9.17, 15) is 9.59 Å². The minimum atomic E-state index is -0.349. The molecule has 0 atom stereocenters. The zero-order chi connectivity index (χ0) is 21.7. The average Bonchev–Trinajstić information content (AvgIpc) is 3.01. The number of aromatic nitrogens is 1. The molecule has 0 radical (unpaired) electrons. The number of unbranched alkanes of at least 4 members (excludes halogenated alkanes) is 3. The Bertz CT molecular complexity index is 907. The number of hydrogen-bond acceptors (Lipinski definition) is 3. The summed E-state index contributed by atoms with van der Waals surface area (Å²) in [6.45, 7) is 6.94. The maximum Gasteiger partial charge on any atom is 0.243 e. The highest BCUT2D eigenvalue weighted by Crippen LogP contribution is 2.33. The maximum atomic E-state index is 12.8. The number of nitrogens with one attached hydrogen (secondary N) is 1. The molecule has 1 aromatic heterocycles. The van der Waals surface area contributed by atoms with Crippen LogP contribution in [0.4, 0.5) is 0 Å². The van der Waals surface area contributed by atoms with Crippen LogP contribution in [0.3, 0.4) is 0 Å². The fourth-order valence-corrected chi connectivity index (χ4v) is 4.70. The molecule has 2 aromatic rings. The molecule has 7 heteroatoms. The molecule has 1 aliphatic rings. The summed E-state index contributed by atoms with van der Waals surface area (Å²) in [5.41, 5.74) is 5.58. The average molecular weight is 478 g/mol. The van der Waals surface area contributed by atoms with E-state index in [0.717, 1.165) is 49.7 Å². The first-order chi connectivity index (χ1) is 14.4. The van der Waals surface area contributed by atoms with Crippen LogP contribution in [0.15, 0.2) is 22.7 Å². The molecule has 164 valence electrons. The summed E-state index contributed by atoms with van der Waals surface area (Å²) < 4.78 is 3.52. The smallest absolute Gasteiger partial charge is 0.243 e. The third kappa shape index (κ3) is 5.43. The number of carbonyl (C=O) groups is 2. The molecule has 6 nitrogen and oxygen atoms in total. The number of rotatable bonds is 9. The van der Waals surface area contributed by atoms with Crippen molar-refractivity contribution >= 4 is 38.6 Å². The molecule has 30 heavy (non-hydrogen) atoms. The van der Waals surface area contributed by atoms with Crippen LogP contribution in [0.5, 0.6) is 0 Å². The number of benzene rings is 1. The number of hydrogen-bond donors (Lipinski definition) is 2. The van der Waals surface area contributed by atoms with Crippen LogP contribution < -0.4 is 5.48 Å². The van der Waals surface area contributed by atoms with E-state index in [4.69, 9.17) is 5.21 Å². The van der Waals surface area contributed by atoms with E-state index in [-0.39, 0.29) is 11.8 Å². The monoisotopic (exact) mass is 477 g/mol. The number of halogens is 1. The van der Waals surface area contributed by atoms with Gasteiger partial charge in [0.2, 0.25) is 11.8 Å². The quantitative estimate of drug-likeness (QED) is 0.309. The van der Waals surface area contributed by atoms with Crippen molar-refractivity contribution in [1.82, 2.24) is 14.9 Å². The van der Waals surface area contributed by atoms with Crippen molar-refractivity contribution in [3.8, 4) is 0 Å². The van der Waals surface area contributed by atoms with Gasteiger partial charge in [0.25, 0.3) is 0 Å². The first-order valence-corrected chi connectivity index (χ1v) is 11.7. The summed E-state index contributed by atoms with van der Waals surface area (Å²) in [6, 6.07) is 6.46. The Labute approximate surface area is 186 Å². The van der Waals surface area contributed by atoms with E-state index < -0.39 is 0 Å². The van der Waals surface area contributed by atoms with Crippen LogP contribution in [0, 0.1) is 5.92 Å². The SMILES string of the molecule is CC(C)Cn1c2c(c3cc(Br)ccc31)CN(C(=O)CCCCCCC(=O)NO)CC2. The number of amides is 2. The molecule has 2 N–H and O–H groups in total. The van der Waals surface area contributed by atoms with Crippen LogP contribution in [-0.2, 0) is 29.1 Å². The number of nitrogens with zero attached hydrogens (tertiary/aromatic N) is 2. The highest BCUT2D eigenvalue weighted by Gasteiger charge is 2.26. The van der Waals surface area contributed by atoms with Crippen LogP contribution in [0.1, 0.15) is 63.6 Å². The third-order valence-electron chi connectivity index (χ3n) is 5.79. The molecule has 1 aliphatic heterocycles. The molecule has 0 unspecified atom stereocenters. The van der Waals surface area contributed by atoms with Crippen LogP contribution in [0.2, 0.25) is 0 Å². The molecule has 2 heterocycles. The van der Waals surface area contributed by atoms with Crippen molar-refractivity contribution in [3.63, 3.8) is 0 Å². The van der Waals surface area contributed by atoms with Gasteiger partial charge in [0.05, 0.1) is 0 Å². The van der Waals surface area contributed by atoms with Gasteiger partial charge in [-0.25, -0.2) is 5.48 Å². The molecule has 2 amide bonds. The van der Waals surface area contributed by atoms with Crippen molar-refractivity contribution in [2.45, 2.75) is 71.9 Å². The van der Waals surface area contributed by atoms with Crippen molar-refractivity contribution in [1.29, 1.82) is 0 Å². The summed E-state index contributed by atoms with van der Waals surface area (Å²) in [5, 5.41) is 9.75. The van der Waals surface area contributed by atoms with Crippen molar-refractivity contribution in [2.75, 3.05) is 6.54 Å². The normalized spacial score (nSPS) is 13.7. The minimum Gasteiger partial charge on any atom is -0.344 e. The second kappa shape index (κ2) is 10.4. The van der Waals surface area contributed by atoms with E-state index in [1.165, 1.54) is 22.2 Å². The standard InChI is InChI=1S/C23H32BrN3O3/c1-16(2)14-27-20-10-9-17(24)13-18(20)19-15-26(12-11-21(19)27)23(29)8-6-4-3-5-7-22(28)25-30/h9-10,13,16,30H,3-8,11-12,14-15H2,1-2H3,(H,25,28). The predicted molar refractivity (Wildman–Crippen MR) is 121 cm³/mol. The summed E-state index contributed by atoms with van der Waals surface area (Å²) in [6.07, 6.45) is 5.16. The number of carbonyl (C=O) groups excluding carboxylic acids is 2. The zero-order valence-electron chi connectivity index (χ0n) is 17.9. The Morgan fingerprint density at radius 3 is 2.60 bits per heavy atom. The summed E-state index contributed by atoms with van der Waals surface area (Å²) in [4.78, 5) is 25.8. The fraction of sp³-hybridized carbons (Fsp3) is 0.565. The first-order valence-electron chi connectivity index (χ1n) is 10.9. The molecule has 1 aromatic carbocycles. The summed E-state index contributed by atoms with van der Waals surface area (Å²) >= 11 is 3.60. The lowest BCUT2D eigenvalue weighted by Crippen LogP contribution is -2.36. The topological polar surface area (TPSA) is 74.6 Å². The Kier molecular flexibility index (Phi) is 7.94. The molecule has 0 fully saturated rings. The minimum absolute atomic E-state index is 0.216. The lowest BCUT2D eigenvalue weighted by molar-refractivity contribution is -0.132. The van der Waals surface area contributed by atoms with Gasteiger partial charge in [-0.05, 0) is 37.0 Å². The fourth-order valence-electron chi connectivity index (χ4n) is 4.34. The zero-order valence-corrected chi connectivity index (χ0v) is 19.5. The Hall–Kier alpha value is -1.86. The van der Waals surface area contributed by atoms with E-state index in [2.05, 4.69) is 52.5 Å². The second-order valence-corrected chi connectivity index (χ2v) is 9.52. The molecule has 0 aliphatic carbocycles. The van der Waals surface area contributed by atoms with E-state index in [0.29, 0.717) is 25.3 Å². The van der Waals surface area contributed by atoms with Crippen molar-refractivity contribution < 1.29 is 14.8 Å². The molecular formula is C23H32BrN3O3. The molecule has 0 saturated carbocycles. The first kappa shape index (κ1) is 22.8. The molecule has 0 saturated heterocycles. The van der Waals surface area contributed by atoms with E-state index in [1.54, 1.807) is 5.48 Å².